The molecule has 2 aromatic carbocycles. The third-order valence-corrected chi connectivity index (χ3v) is 10.4. The minimum atomic E-state index is -3.05. The molecule has 1 unspecified atom stereocenters. The Morgan fingerprint density at radius 2 is 1.50 bits per heavy atom. The van der Waals surface area contributed by atoms with E-state index >= 15 is 0 Å². The summed E-state index contributed by atoms with van der Waals surface area (Å²) in [5, 5.41) is 10.8. The van der Waals surface area contributed by atoms with Crippen molar-refractivity contribution in [1.82, 2.24) is 9.80 Å². The zero-order chi connectivity index (χ0) is 27.0. The van der Waals surface area contributed by atoms with E-state index in [2.05, 4.69) is 0 Å². The van der Waals surface area contributed by atoms with Crippen LogP contribution in [0.2, 0.25) is 10.0 Å². The number of aliphatic hydroxyl groups excluding tert-OH is 1. The van der Waals surface area contributed by atoms with E-state index in [1.54, 1.807) is 17.0 Å². The fraction of sp³-hybridized carbons (Fsp3) is 0.500. The second-order valence-electron chi connectivity index (χ2n) is 10.6. The number of halogens is 2. The highest BCUT2D eigenvalue weighted by atomic mass is 35.5. The molecule has 2 heterocycles. The Morgan fingerprint density at radius 1 is 0.895 bits per heavy atom. The molecule has 0 bridgehead atoms. The van der Waals surface area contributed by atoms with Crippen LogP contribution in [0, 0.1) is 5.92 Å². The van der Waals surface area contributed by atoms with Crippen LogP contribution in [0.5, 0.6) is 0 Å². The minimum Gasteiger partial charge on any atom is -0.393 e. The van der Waals surface area contributed by atoms with Crippen molar-refractivity contribution in [2.45, 2.75) is 50.7 Å². The van der Waals surface area contributed by atoms with Gasteiger partial charge in [-0.3, -0.25) is 9.59 Å². The predicted molar refractivity (Wildman–Crippen MR) is 148 cm³/mol. The molecule has 1 atom stereocenters. The van der Waals surface area contributed by atoms with Gasteiger partial charge < -0.3 is 14.9 Å². The number of carbonyl (C=O) groups is 2. The molecular formula is C28H32Cl2N2O5S. The molecule has 0 spiro atoms. The summed E-state index contributed by atoms with van der Waals surface area (Å²) in [5.74, 6) is -0.199. The molecular weight excluding hydrogens is 547 g/mol. The van der Waals surface area contributed by atoms with Gasteiger partial charge >= 0.3 is 0 Å². The molecule has 10 heteroatoms. The number of benzene rings is 2. The van der Waals surface area contributed by atoms with Crippen LogP contribution in [-0.4, -0.2) is 78.4 Å². The van der Waals surface area contributed by atoms with E-state index in [9.17, 15) is 23.1 Å². The third-order valence-electron chi connectivity index (χ3n) is 8.15. The molecule has 38 heavy (non-hydrogen) atoms. The van der Waals surface area contributed by atoms with Gasteiger partial charge in [0, 0.05) is 47.2 Å². The number of amides is 2. The molecule has 2 amide bonds. The number of carbonyl (C=O) groups excluding carboxylic acids is 2. The lowest BCUT2D eigenvalue weighted by Gasteiger charge is -2.33. The molecule has 3 aliphatic rings. The average Bonchev–Trinajstić information content (AvgIpc) is 3.26. The van der Waals surface area contributed by atoms with Gasteiger partial charge in [0.05, 0.1) is 17.6 Å². The van der Waals surface area contributed by atoms with Crippen LogP contribution in [0.25, 0.3) is 11.1 Å². The summed E-state index contributed by atoms with van der Waals surface area (Å²) in [5.41, 5.74) is 2.93. The van der Waals surface area contributed by atoms with E-state index < -0.39 is 9.84 Å². The molecule has 5 rings (SSSR count). The number of rotatable bonds is 5. The van der Waals surface area contributed by atoms with Crippen LogP contribution in [0.4, 0.5) is 0 Å². The number of hydrogen-bond acceptors (Lipinski definition) is 5. The summed E-state index contributed by atoms with van der Waals surface area (Å²) in [6.45, 7) is 1.15. The lowest BCUT2D eigenvalue weighted by molar-refractivity contribution is -0.133. The molecule has 0 aromatic heterocycles. The van der Waals surface area contributed by atoms with E-state index in [1.165, 1.54) is 0 Å². The maximum absolute atomic E-state index is 13.2. The van der Waals surface area contributed by atoms with Gasteiger partial charge in [0.2, 0.25) is 5.91 Å². The smallest absolute Gasteiger partial charge is 0.253 e. The molecule has 2 saturated heterocycles. The van der Waals surface area contributed by atoms with E-state index in [4.69, 9.17) is 23.2 Å². The first-order chi connectivity index (χ1) is 18.1. The Kier molecular flexibility index (Phi) is 8.06. The van der Waals surface area contributed by atoms with Gasteiger partial charge in [0.1, 0.15) is 0 Å². The third kappa shape index (κ3) is 5.88. The lowest BCUT2D eigenvalue weighted by atomic mass is 9.92. The summed E-state index contributed by atoms with van der Waals surface area (Å²) in [4.78, 5) is 29.5. The van der Waals surface area contributed by atoms with Gasteiger partial charge in [0.25, 0.3) is 5.91 Å². The number of nitrogens with zero attached hydrogens (tertiary/aromatic N) is 2. The van der Waals surface area contributed by atoms with E-state index in [-0.39, 0.29) is 54.5 Å². The summed E-state index contributed by atoms with van der Waals surface area (Å²) >= 11 is 13.3. The Bertz CT molecular complexity index is 1290. The van der Waals surface area contributed by atoms with Crippen molar-refractivity contribution >= 4 is 44.9 Å². The highest BCUT2D eigenvalue weighted by Crippen LogP contribution is 2.36. The van der Waals surface area contributed by atoms with Crippen molar-refractivity contribution in [2.75, 3.05) is 31.1 Å². The van der Waals surface area contributed by atoms with Gasteiger partial charge in [-0.05, 0) is 79.5 Å². The van der Waals surface area contributed by atoms with Gasteiger partial charge in [-0.15, -0.1) is 0 Å². The van der Waals surface area contributed by atoms with Crippen LogP contribution in [0.3, 0.4) is 0 Å². The predicted octanol–water partition coefficient (Wildman–Crippen LogP) is 4.23. The standard InChI is InChI=1S/C28H32Cl2N2O5S/c29-25-16-21(18-1-3-19(4-2-18)27(34)31-11-13-38(36,37)14-12-31)17-26(30)24(25)15-20-9-10-32(28(20)35)22-5-7-23(33)8-6-22/h1-4,16-17,20,22-23,33H,5-15H2. The highest BCUT2D eigenvalue weighted by molar-refractivity contribution is 7.91. The second kappa shape index (κ2) is 11.2. The van der Waals surface area contributed by atoms with Crippen LogP contribution >= 0.6 is 23.2 Å². The van der Waals surface area contributed by atoms with Crippen molar-refractivity contribution in [3.05, 3.63) is 57.6 Å². The first kappa shape index (κ1) is 27.4. The van der Waals surface area contributed by atoms with E-state index in [0.29, 0.717) is 22.0 Å². The summed E-state index contributed by atoms with van der Waals surface area (Å²) < 4.78 is 23.3. The molecule has 204 valence electrons. The van der Waals surface area contributed by atoms with E-state index in [1.807, 2.05) is 29.2 Å². The molecule has 2 aromatic rings. The summed E-state index contributed by atoms with van der Waals surface area (Å²) in [6, 6.07) is 11.0. The molecule has 1 aliphatic carbocycles. The van der Waals surface area contributed by atoms with Crippen LogP contribution in [0.15, 0.2) is 36.4 Å². The quantitative estimate of drug-likeness (QED) is 0.573. The summed E-state index contributed by atoms with van der Waals surface area (Å²) in [6.07, 6.45) is 4.20. The number of aliphatic hydroxyl groups is 1. The second-order valence-corrected chi connectivity index (χ2v) is 13.7. The van der Waals surface area contributed by atoms with Crippen molar-refractivity contribution in [3.8, 4) is 11.1 Å². The first-order valence-corrected chi connectivity index (χ1v) is 15.8. The fourth-order valence-corrected chi connectivity index (χ4v) is 7.64. The van der Waals surface area contributed by atoms with Crippen molar-refractivity contribution in [1.29, 1.82) is 0 Å². The van der Waals surface area contributed by atoms with Crippen LogP contribution in [0.1, 0.15) is 48.0 Å². The topological polar surface area (TPSA) is 95.0 Å². The van der Waals surface area contributed by atoms with Gasteiger partial charge in [-0.2, -0.15) is 0 Å². The van der Waals surface area contributed by atoms with Crippen LogP contribution < -0.4 is 0 Å². The minimum absolute atomic E-state index is 0.00459. The van der Waals surface area contributed by atoms with Gasteiger partial charge in [0.15, 0.2) is 9.84 Å². The van der Waals surface area contributed by atoms with Crippen molar-refractivity contribution in [3.63, 3.8) is 0 Å². The zero-order valence-electron chi connectivity index (χ0n) is 21.1. The Balaban J connectivity index is 1.25. The SMILES string of the molecule is O=C(c1ccc(-c2cc(Cl)c(CC3CCN(C4CCC(O)CC4)C3=O)c(Cl)c2)cc1)N1CCS(=O)(=O)CC1. The largest absolute Gasteiger partial charge is 0.393 e. The van der Waals surface area contributed by atoms with Crippen molar-refractivity contribution in [2.24, 2.45) is 5.92 Å². The summed E-state index contributed by atoms with van der Waals surface area (Å²) in [7, 11) is -3.05. The van der Waals surface area contributed by atoms with Crippen LogP contribution in [-0.2, 0) is 21.1 Å². The molecule has 1 N–H and O–H groups in total. The molecule has 3 fully saturated rings. The monoisotopic (exact) mass is 578 g/mol. The number of sulfone groups is 1. The lowest BCUT2D eigenvalue weighted by Crippen LogP contribution is -2.43. The number of likely N-dealkylation sites (tertiary alicyclic amines) is 1. The van der Waals surface area contributed by atoms with Gasteiger partial charge in [-0.1, -0.05) is 35.3 Å². The highest BCUT2D eigenvalue weighted by Gasteiger charge is 2.37. The normalized spacial score (nSPS) is 25.6. The molecule has 1 saturated carbocycles. The average molecular weight is 580 g/mol. The Labute approximate surface area is 233 Å². The molecule has 7 nitrogen and oxygen atoms in total. The Hall–Kier alpha value is -2.13. The first-order valence-electron chi connectivity index (χ1n) is 13.2. The Morgan fingerprint density at radius 3 is 2.11 bits per heavy atom. The fourth-order valence-electron chi connectivity index (χ4n) is 5.80. The van der Waals surface area contributed by atoms with E-state index in [0.717, 1.165) is 55.3 Å². The maximum atomic E-state index is 13.2. The molecule has 0 radical (unpaired) electrons. The maximum Gasteiger partial charge on any atom is 0.253 e. The van der Waals surface area contributed by atoms with Crippen molar-refractivity contribution < 1.29 is 23.1 Å². The zero-order valence-corrected chi connectivity index (χ0v) is 23.4. The van der Waals surface area contributed by atoms with Gasteiger partial charge in [-0.25, -0.2) is 8.42 Å². The number of hydrogen-bond donors (Lipinski definition) is 1. The molecule has 2 aliphatic heterocycles.